The van der Waals surface area contributed by atoms with E-state index in [1.54, 1.807) is 24.3 Å². The Kier molecular flexibility index (Phi) is 3.29. The lowest BCUT2D eigenvalue weighted by Crippen LogP contribution is -2.08. The van der Waals surface area contributed by atoms with Gasteiger partial charge < -0.3 is 5.11 Å². The molecule has 0 radical (unpaired) electrons. The molecular weight excluding hydrogens is 245 g/mol. The zero-order chi connectivity index (χ0) is 13.2. The maximum Gasteiger partial charge on any atom is 0.433 e. The van der Waals surface area contributed by atoms with E-state index >= 15 is 0 Å². The van der Waals surface area contributed by atoms with Crippen molar-refractivity contribution in [3.8, 4) is 11.4 Å². The van der Waals surface area contributed by atoms with Gasteiger partial charge >= 0.3 is 6.18 Å². The van der Waals surface area contributed by atoms with E-state index in [1.165, 1.54) is 0 Å². The second-order valence-electron chi connectivity index (χ2n) is 3.62. The lowest BCUT2D eigenvalue weighted by atomic mass is 10.1. The summed E-state index contributed by atoms with van der Waals surface area (Å²) in [5, 5.41) is 8.87. The van der Waals surface area contributed by atoms with Crippen LogP contribution in [-0.2, 0) is 12.8 Å². The molecule has 0 atom stereocenters. The number of hydrogen-bond donors (Lipinski definition) is 1. The SMILES string of the molecule is OCc1ccc(-c2nccc(C(F)(F)F)n2)cc1. The van der Waals surface area contributed by atoms with Crippen molar-refractivity contribution in [2.75, 3.05) is 0 Å². The number of alkyl halides is 3. The Balaban J connectivity index is 2.38. The summed E-state index contributed by atoms with van der Waals surface area (Å²) in [5.74, 6) is 0.00862. The predicted octanol–water partition coefficient (Wildman–Crippen LogP) is 2.65. The Labute approximate surface area is 101 Å². The molecule has 0 aliphatic heterocycles. The molecule has 0 unspecified atom stereocenters. The quantitative estimate of drug-likeness (QED) is 0.896. The molecule has 94 valence electrons. The van der Waals surface area contributed by atoms with Gasteiger partial charge in [0.15, 0.2) is 5.82 Å². The summed E-state index contributed by atoms with van der Waals surface area (Å²) in [4.78, 5) is 7.28. The van der Waals surface area contributed by atoms with E-state index < -0.39 is 11.9 Å². The summed E-state index contributed by atoms with van der Waals surface area (Å²) in [6, 6.07) is 7.19. The van der Waals surface area contributed by atoms with Crippen LogP contribution in [0.3, 0.4) is 0 Å². The molecule has 2 aromatic rings. The maximum absolute atomic E-state index is 12.5. The molecule has 1 N–H and O–H groups in total. The molecule has 2 rings (SSSR count). The standard InChI is InChI=1S/C12H9F3N2O/c13-12(14,15)10-5-6-16-11(17-10)9-3-1-8(7-18)2-4-9/h1-6,18H,7H2. The number of aromatic nitrogens is 2. The third-order valence-corrected chi connectivity index (χ3v) is 2.34. The molecule has 0 fully saturated rings. The molecule has 3 nitrogen and oxygen atoms in total. The lowest BCUT2D eigenvalue weighted by Gasteiger charge is -2.07. The molecule has 0 amide bonds. The van der Waals surface area contributed by atoms with Crippen molar-refractivity contribution in [3.63, 3.8) is 0 Å². The van der Waals surface area contributed by atoms with Gasteiger partial charge in [0.25, 0.3) is 0 Å². The first-order chi connectivity index (χ1) is 8.50. The van der Waals surface area contributed by atoms with Gasteiger partial charge in [-0.1, -0.05) is 24.3 Å². The van der Waals surface area contributed by atoms with Crippen LogP contribution in [0.2, 0.25) is 0 Å². The molecule has 0 aliphatic carbocycles. The molecule has 0 aliphatic rings. The van der Waals surface area contributed by atoms with Gasteiger partial charge in [0.1, 0.15) is 5.69 Å². The predicted molar refractivity (Wildman–Crippen MR) is 58.4 cm³/mol. The van der Waals surface area contributed by atoms with Crippen LogP contribution in [0.1, 0.15) is 11.3 Å². The van der Waals surface area contributed by atoms with Crippen LogP contribution in [0.4, 0.5) is 13.2 Å². The molecular formula is C12H9F3N2O. The van der Waals surface area contributed by atoms with Crippen molar-refractivity contribution >= 4 is 0 Å². The summed E-state index contributed by atoms with van der Waals surface area (Å²) in [6.45, 7) is -0.121. The van der Waals surface area contributed by atoms with Crippen molar-refractivity contribution < 1.29 is 18.3 Å². The first-order valence-electron chi connectivity index (χ1n) is 5.11. The number of benzene rings is 1. The summed E-state index contributed by atoms with van der Waals surface area (Å²) in [6.07, 6.45) is -3.41. The Morgan fingerprint density at radius 1 is 1.06 bits per heavy atom. The van der Waals surface area contributed by atoms with Crippen LogP contribution in [0.5, 0.6) is 0 Å². The zero-order valence-corrected chi connectivity index (χ0v) is 9.15. The highest BCUT2D eigenvalue weighted by atomic mass is 19.4. The normalized spacial score (nSPS) is 11.6. The molecule has 18 heavy (non-hydrogen) atoms. The van der Waals surface area contributed by atoms with Crippen molar-refractivity contribution in [1.29, 1.82) is 0 Å². The molecule has 0 bridgehead atoms. The van der Waals surface area contributed by atoms with E-state index in [9.17, 15) is 13.2 Å². The van der Waals surface area contributed by atoms with E-state index in [0.717, 1.165) is 12.3 Å². The fourth-order valence-electron chi connectivity index (χ4n) is 1.41. The summed E-state index contributed by atoms with van der Waals surface area (Å²) >= 11 is 0. The lowest BCUT2D eigenvalue weighted by molar-refractivity contribution is -0.141. The molecule has 1 aromatic carbocycles. The first kappa shape index (κ1) is 12.5. The third kappa shape index (κ3) is 2.65. The van der Waals surface area contributed by atoms with Gasteiger partial charge in [-0.2, -0.15) is 13.2 Å². The van der Waals surface area contributed by atoms with Gasteiger partial charge in [-0.25, -0.2) is 9.97 Å². The molecule has 0 saturated carbocycles. The highest BCUT2D eigenvalue weighted by Crippen LogP contribution is 2.28. The number of halogens is 3. The first-order valence-corrected chi connectivity index (χ1v) is 5.11. The highest BCUT2D eigenvalue weighted by Gasteiger charge is 2.32. The van der Waals surface area contributed by atoms with Gasteiger partial charge in [-0.05, 0) is 11.6 Å². The van der Waals surface area contributed by atoms with Gasteiger partial charge in [-0.15, -0.1) is 0 Å². The van der Waals surface area contributed by atoms with E-state index in [0.29, 0.717) is 11.1 Å². The fraction of sp³-hybridized carbons (Fsp3) is 0.167. The van der Waals surface area contributed by atoms with Crippen molar-refractivity contribution in [2.24, 2.45) is 0 Å². The van der Waals surface area contributed by atoms with Gasteiger partial charge in [0.05, 0.1) is 6.61 Å². The average molecular weight is 254 g/mol. The minimum Gasteiger partial charge on any atom is -0.392 e. The van der Waals surface area contributed by atoms with E-state index in [2.05, 4.69) is 9.97 Å². The van der Waals surface area contributed by atoms with Crippen LogP contribution in [0.15, 0.2) is 36.5 Å². The van der Waals surface area contributed by atoms with Crippen molar-refractivity contribution in [2.45, 2.75) is 12.8 Å². The smallest absolute Gasteiger partial charge is 0.392 e. The zero-order valence-electron chi connectivity index (χ0n) is 9.15. The summed E-state index contributed by atoms with van der Waals surface area (Å²) < 4.78 is 37.4. The average Bonchev–Trinajstić information content (AvgIpc) is 2.38. The number of rotatable bonds is 2. The van der Waals surface area contributed by atoms with Crippen LogP contribution in [0.25, 0.3) is 11.4 Å². The minimum absolute atomic E-state index is 0.00862. The number of hydrogen-bond acceptors (Lipinski definition) is 3. The van der Waals surface area contributed by atoms with Gasteiger partial charge in [-0.3, -0.25) is 0 Å². The highest BCUT2D eigenvalue weighted by molar-refractivity contribution is 5.55. The second kappa shape index (κ2) is 4.73. The Morgan fingerprint density at radius 2 is 1.72 bits per heavy atom. The van der Waals surface area contributed by atoms with Gasteiger partial charge in [0, 0.05) is 11.8 Å². The maximum atomic E-state index is 12.5. The van der Waals surface area contributed by atoms with Crippen LogP contribution in [0, 0.1) is 0 Å². The van der Waals surface area contributed by atoms with Crippen LogP contribution >= 0.6 is 0 Å². The molecule has 1 aromatic heterocycles. The second-order valence-corrected chi connectivity index (χ2v) is 3.62. The van der Waals surface area contributed by atoms with Crippen LogP contribution < -0.4 is 0 Å². The van der Waals surface area contributed by atoms with Crippen molar-refractivity contribution in [1.82, 2.24) is 9.97 Å². The van der Waals surface area contributed by atoms with E-state index in [1.807, 2.05) is 0 Å². The summed E-state index contributed by atoms with van der Waals surface area (Å²) in [5.41, 5.74) is 0.169. The minimum atomic E-state index is -4.48. The fourth-order valence-corrected chi connectivity index (χ4v) is 1.41. The van der Waals surface area contributed by atoms with Crippen LogP contribution in [-0.4, -0.2) is 15.1 Å². The Bertz CT molecular complexity index is 538. The molecule has 1 heterocycles. The molecule has 0 spiro atoms. The third-order valence-electron chi connectivity index (χ3n) is 2.34. The summed E-state index contributed by atoms with van der Waals surface area (Å²) in [7, 11) is 0. The van der Waals surface area contributed by atoms with Gasteiger partial charge in [0.2, 0.25) is 0 Å². The monoisotopic (exact) mass is 254 g/mol. The molecule has 0 saturated heterocycles. The number of aliphatic hydroxyl groups is 1. The Morgan fingerprint density at radius 3 is 2.28 bits per heavy atom. The number of aliphatic hydroxyl groups excluding tert-OH is 1. The Hall–Kier alpha value is -1.95. The van der Waals surface area contributed by atoms with Crippen molar-refractivity contribution in [3.05, 3.63) is 47.8 Å². The number of nitrogens with zero attached hydrogens (tertiary/aromatic N) is 2. The van der Waals surface area contributed by atoms with E-state index in [-0.39, 0.29) is 12.4 Å². The van der Waals surface area contributed by atoms with E-state index in [4.69, 9.17) is 5.11 Å². The topological polar surface area (TPSA) is 46.0 Å². The molecule has 6 heteroatoms. The largest absolute Gasteiger partial charge is 0.433 e.